The van der Waals surface area contributed by atoms with Crippen molar-refractivity contribution >= 4 is 37.1 Å². The van der Waals surface area contributed by atoms with Gasteiger partial charge >= 0.3 is 0 Å². The number of rotatable bonds is 4. The van der Waals surface area contributed by atoms with Crippen LogP contribution in [0.25, 0.3) is 0 Å². The van der Waals surface area contributed by atoms with E-state index in [4.69, 9.17) is 11.6 Å². The summed E-state index contributed by atoms with van der Waals surface area (Å²) in [6.45, 7) is 0. The van der Waals surface area contributed by atoms with Crippen LogP contribution in [0.3, 0.4) is 0 Å². The van der Waals surface area contributed by atoms with E-state index in [1.807, 2.05) is 0 Å². The Labute approximate surface area is 132 Å². The van der Waals surface area contributed by atoms with Crippen molar-refractivity contribution < 1.29 is 21.2 Å². The first-order valence-electron chi connectivity index (χ1n) is 5.87. The molecule has 2 aromatic carbocycles. The first-order chi connectivity index (χ1) is 10.1. The van der Waals surface area contributed by atoms with Crippen molar-refractivity contribution in [2.75, 3.05) is 11.0 Å². The lowest BCUT2D eigenvalue weighted by atomic mass is 10.3. The van der Waals surface area contributed by atoms with Crippen molar-refractivity contribution in [2.24, 2.45) is 0 Å². The van der Waals surface area contributed by atoms with Crippen LogP contribution < -0.4 is 4.72 Å². The second kappa shape index (κ2) is 5.86. The number of sulfone groups is 1. The van der Waals surface area contributed by atoms with Crippen LogP contribution in [0, 0.1) is 5.82 Å². The van der Waals surface area contributed by atoms with Gasteiger partial charge in [-0.3, -0.25) is 4.72 Å². The number of anilines is 1. The SMILES string of the molecule is CS(=O)(=O)c1cccc(S(=O)(=O)Nc2ccc(F)c(Cl)c2)c1. The van der Waals surface area contributed by atoms with Crippen LogP contribution in [0.4, 0.5) is 10.1 Å². The quantitative estimate of drug-likeness (QED) is 0.905. The van der Waals surface area contributed by atoms with Gasteiger partial charge in [0.15, 0.2) is 9.84 Å². The highest BCUT2D eigenvalue weighted by Crippen LogP contribution is 2.23. The second-order valence-corrected chi connectivity index (χ2v) is 8.59. The molecule has 0 radical (unpaired) electrons. The van der Waals surface area contributed by atoms with Crippen LogP contribution in [0.5, 0.6) is 0 Å². The third kappa shape index (κ3) is 3.76. The van der Waals surface area contributed by atoms with Gasteiger partial charge in [-0.25, -0.2) is 21.2 Å². The van der Waals surface area contributed by atoms with E-state index in [0.29, 0.717) is 0 Å². The van der Waals surface area contributed by atoms with Gasteiger partial charge in [-0.1, -0.05) is 17.7 Å². The summed E-state index contributed by atoms with van der Waals surface area (Å²) in [4.78, 5) is -0.344. The fourth-order valence-corrected chi connectivity index (χ4v) is 3.66. The largest absolute Gasteiger partial charge is 0.280 e. The van der Waals surface area contributed by atoms with Crippen LogP contribution in [-0.2, 0) is 19.9 Å². The van der Waals surface area contributed by atoms with Crippen molar-refractivity contribution in [3.05, 3.63) is 53.3 Å². The summed E-state index contributed by atoms with van der Waals surface area (Å²) < 4.78 is 62.7. The average molecular weight is 364 g/mol. The molecule has 0 amide bonds. The Morgan fingerprint density at radius 1 is 1.00 bits per heavy atom. The highest BCUT2D eigenvalue weighted by atomic mass is 35.5. The Hall–Kier alpha value is -1.64. The van der Waals surface area contributed by atoms with Crippen molar-refractivity contribution in [3.8, 4) is 0 Å². The fraction of sp³-hybridized carbons (Fsp3) is 0.0769. The first kappa shape index (κ1) is 16.7. The standard InChI is InChI=1S/C13H11ClFNO4S2/c1-21(17,18)10-3-2-4-11(8-10)22(19,20)16-9-5-6-13(15)12(14)7-9/h2-8,16H,1H3. The molecule has 0 heterocycles. The first-order valence-corrected chi connectivity index (χ1v) is 9.63. The molecule has 9 heteroatoms. The molecule has 2 rings (SSSR count). The smallest absolute Gasteiger partial charge is 0.261 e. The van der Waals surface area contributed by atoms with Crippen LogP contribution in [-0.4, -0.2) is 23.1 Å². The summed E-state index contributed by atoms with van der Waals surface area (Å²) in [5.41, 5.74) is 0.0659. The molecule has 0 aliphatic carbocycles. The summed E-state index contributed by atoms with van der Waals surface area (Å²) in [6.07, 6.45) is 0.978. The van der Waals surface area contributed by atoms with E-state index in [1.54, 1.807) is 0 Å². The molecule has 0 unspecified atom stereocenters. The van der Waals surface area contributed by atoms with Gasteiger partial charge in [0.1, 0.15) is 5.82 Å². The zero-order valence-corrected chi connectivity index (χ0v) is 13.6. The van der Waals surface area contributed by atoms with Gasteiger partial charge in [0.2, 0.25) is 0 Å². The fourth-order valence-electron chi connectivity index (χ4n) is 1.65. The van der Waals surface area contributed by atoms with Gasteiger partial charge in [-0.2, -0.15) is 0 Å². The minimum atomic E-state index is -4.02. The Kier molecular flexibility index (Phi) is 4.46. The molecule has 0 atom stereocenters. The van der Waals surface area contributed by atoms with E-state index < -0.39 is 25.7 Å². The van der Waals surface area contributed by atoms with Crippen molar-refractivity contribution in [3.63, 3.8) is 0 Å². The Morgan fingerprint density at radius 2 is 1.64 bits per heavy atom. The van der Waals surface area contributed by atoms with E-state index in [1.165, 1.54) is 24.3 Å². The predicted octanol–water partition coefficient (Wildman–Crippen LogP) is 2.68. The molecule has 5 nitrogen and oxygen atoms in total. The van der Waals surface area contributed by atoms with Gasteiger partial charge in [-0.15, -0.1) is 0 Å². The molecule has 0 aromatic heterocycles. The summed E-state index contributed by atoms with van der Waals surface area (Å²) in [5, 5.41) is -0.231. The van der Waals surface area contributed by atoms with Gasteiger partial charge in [0.05, 0.1) is 20.5 Å². The van der Waals surface area contributed by atoms with E-state index >= 15 is 0 Å². The second-order valence-electron chi connectivity index (χ2n) is 4.48. The number of hydrogen-bond donors (Lipinski definition) is 1. The molecule has 2 aromatic rings. The molecule has 22 heavy (non-hydrogen) atoms. The molecule has 0 aliphatic heterocycles. The van der Waals surface area contributed by atoms with Crippen LogP contribution >= 0.6 is 11.6 Å². The van der Waals surface area contributed by atoms with Crippen molar-refractivity contribution in [1.82, 2.24) is 0 Å². The third-order valence-corrected chi connectivity index (χ3v) is 5.49. The summed E-state index contributed by atoms with van der Waals surface area (Å²) >= 11 is 5.58. The lowest BCUT2D eigenvalue weighted by Gasteiger charge is -2.09. The Morgan fingerprint density at radius 3 is 2.23 bits per heavy atom. The Balaban J connectivity index is 2.40. The predicted molar refractivity (Wildman–Crippen MR) is 81.8 cm³/mol. The molecule has 0 saturated carbocycles. The topological polar surface area (TPSA) is 80.3 Å². The molecule has 118 valence electrons. The van der Waals surface area contributed by atoms with Gasteiger partial charge in [-0.05, 0) is 36.4 Å². The number of benzene rings is 2. The summed E-state index contributed by atoms with van der Waals surface area (Å²) in [5.74, 6) is -0.677. The lowest BCUT2D eigenvalue weighted by molar-refractivity contribution is 0.599. The maximum atomic E-state index is 13.1. The van der Waals surface area contributed by atoms with E-state index in [-0.39, 0.29) is 20.5 Å². The lowest BCUT2D eigenvalue weighted by Crippen LogP contribution is -2.13. The zero-order valence-electron chi connectivity index (χ0n) is 11.2. The summed E-state index contributed by atoms with van der Waals surface area (Å²) in [6, 6.07) is 8.26. The van der Waals surface area contributed by atoms with Crippen LogP contribution in [0.15, 0.2) is 52.3 Å². The maximum Gasteiger partial charge on any atom is 0.261 e. The monoisotopic (exact) mass is 363 g/mol. The minimum Gasteiger partial charge on any atom is -0.280 e. The van der Waals surface area contributed by atoms with Crippen LogP contribution in [0.2, 0.25) is 5.02 Å². The van der Waals surface area contributed by atoms with Crippen molar-refractivity contribution in [2.45, 2.75) is 9.79 Å². The molecular formula is C13H11ClFNO4S2. The van der Waals surface area contributed by atoms with E-state index in [2.05, 4.69) is 4.72 Å². The number of hydrogen-bond acceptors (Lipinski definition) is 4. The van der Waals surface area contributed by atoms with Crippen LogP contribution in [0.1, 0.15) is 0 Å². The van der Waals surface area contributed by atoms with Gasteiger partial charge in [0, 0.05) is 6.26 Å². The molecule has 0 bridgehead atoms. The van der Waals surface area contributed by atoms with E-state index in [0.717, 1.165) is 24.5 Å². The summed E-state index contributed by atoms with van der Waals surface area (Å²) in [7, 11) is -7.55. The molecular weight excluding hydrogens is 353 g/mol. The number of nitrogens with one attached hydrogen (secondary N) is 1. The van der Waals surface area contributed by atoms with Gasteiger partial charge in [0.25, 0.3) is 10.0 Å². The molecule has 1 N–H and O–H groups in total. The normalized spacial score (nSPS) is 12.1. The highest BCUT2D eigenvalue weighted by molar-refractivity contribution is 7.93. The highest BCUT2D eigenvalue weighted by Gasteiger charge is 2.17. The minimum absolute atomic E-state index is 0.0659. The maximum absolute atomic E-state index is 13.1. The average Bonchev–Trinajstić information content (AvgIpc) is 2.42. The third-order valence-electron chi connectivity index (χ3n) is 2.72. The van der Waals surface area contributed by atoms with E-state index in [9.17, 15) is 21.2 Å². The zero-order chi connectivity index (χ0) is 16.5. The molecule has 0 saturated heterocycles. The number of sulfonamides is 1. The number of halogens is 2. The molecule has 0 spiro atoms. The van der Waals surface area contributed by atoms with Crippen molar-refractivity contribution in [1.29, 1.82) is 0 Å². The molecule has 0 fully saturated rings. The van der Waals surface area contributed by atoms with Gasteiger partial charge < -0.3 is 0 Å². The Bertz CT molecular complexity index is 927. The molecule has 0 aliphatic rings.